The summed E-state index contributed by atoms with van der Waals surface area (Å²) in [6, 6.07) is 15.1. The van der Waals surface area contributed by atoms with Crippen molar-refractivity contribution in [3.8, 4) is 11.1 Å². The van der Waals surface area contributed by atoms with E-state index in [1.54, 1.807) is 11.1 Å². The maximum absolute atomic E-state index is 2.64. The van der Waals surface area contributed by atoms with Gasteiger partial charge in [0.05, 0.1) is 0 Å². The second kappa shape index (κ2) is 15.8. The van der Waals surface area contributed by atoms with Crippen LogP contribution in [0.15, 0.2) is 36.4 Å². The Labute approximate surface area is 256 Å². The molecule has 41 heavy (non-hydrogen) atoms. The molecule has 0 heterocycles. The van der Waals surface area contributed by atoms with Crippen LogP contribution in [0.3, 0.4) is 0 Å². The van der Waals surface area contributed by atoms with E-state index in [4.69, 9.17) is 0 Å². The minimum absolute atomic E-state index is 0.165. The first-order chi connectivity index (χ1) is 19.5. The van der Waals surface area contributed by atoms with Crippen molar-refractivity contribution >= 4 is 0 Å². The summed E-state index contributed by atoms with van der Waals surface area (Å²) in [4.78, 5) is 0. The number of fused-ring (bicyclic) bond motifs is 3. The zero-order chi connectivity index (χ0) is 29.9. The van der Waals surface area contributed by atoms with E-state index in [9.17, 15) is 0 Å². The molecule has 1 aliphatic carbocycles. The number of unbranched alkanes of at least 4 members (excludes halogenated alkanes) is 14. The summed E-state index contributed by atoms with van der Waals surface area (Å²) in [5.41, 5.74) is 9.83. The molecule has 0 N–H and O–H groups in total. The Balaban J connectivity index is 1.88. The molecule has 2 aromatic carbocycles. The van der Waals surface area contributed by atoms with Gasteiger partial charge < -0.3 is 0 Å². The average molecular weight is 559 g/mol. The number of benzene rings is 2. The fourth-order valence-corrected chi connectivity index (χ4v) is 7.21. The van der Waals surface area contributed by atoms with Crippen molar-refractivity contribution < 1.29 is 0 Å². The first-order valence-electron chi connectivity index (χ1n) is 17.8. The van der Waals surface area contributed by atoms with Gasteiger partial charge in [0, 0.05) is 5.41 Å². The Bertz CT molecular complexity index is 977. The SMILES string of the molecule is CCCCCCCCCCCCC1(CCCCCCCC)c2cc(C(C)(C)C)ccc2-c2ccc(C(C)(C)C)cc21. The summed E-state index contributed by atoms with van der Waals surface area (Å²) in [7, 11) is 0. The van der Waals surface area contributed by atoms with Gasteiger partial charge in [-0.15, -0.1) is 0 Å². The van der Waals surface area contributed by atoms with E-state index >= 15 is 0 Å². The summed E-state index contributed by atoms with van der Waals surface area (Å²) in [6.07, 6.45) is 24.9. The van der Waals surface area contributed by atoms with Crippen molar-refractivity contribution in [3.63, 3.8) is 0 Å². The summed E-state index contributed by atoms with van der Waals surface area (Å²) in [6.45, 7) is 18.9. The lowest BCUT2D eigenvalue weighted by atomic mass is 9.69. The van der Waals surface area contributed by atoms with Crippen molar-refractivity contribution in [1.82, 2.24) is 0 Å². The smallest absolute Gasteiger partial charge is 0.0215 e. The van der Waals surface area contributed by atoms with E-state index in [2.05, 4.69) is 91.8 Å². The molecular formula is C41H66. The van der Waals surface area contributed by atoms with Crippen LogP contribution in [0.1, 0.15) is 193 Å². The predicted octanol–water partition coefficient (Wildman–Crippen LogP) is 13.6. The minimum Gasteiger partial charge on any atom is -0.0654 e. The monoisotopic (exact) mass is 559 g/mol. The lowest BCUT2D eigenvalue weighted by molar-refractivity contribution is 0.396. The van der Waals surface area contributed by atoms with E-state index in [0.29, 0.717) is 0 Å². The van der Waals surface area contributed by atoms with Crippen LogP contribution in [-0.4, -0.2) is 0 Å². The van der Waals surface area contributed by atoms with Gasteiger partial charge in [0.25, 0.3) is 0 Å². The van der Waals surface area contributed by atoms with Crippen LogP contribution in [0.2, 0.25) is 0 Å². The number of rotatable bonds is 18. The highest BCUT2D eigenvalue weighted by molar-refractivity contribution is 5.82. The molecule has 0 heteroatoms. The summed E-state index contributed by atoms with van der Waals surface area (Å²) in [5, 5.41) is 0. The van der Waals surface area contributed by atoms with Crippen molar-refractivity contribution in [2.45, 2.75) is 187 Å². The van der Waals surface area contributed by atoms with E-state index in [-0.39, 0.29) is 16.2 Å². The lowest BCUT2D eigenvalue weighted by Gasteiger charge is -2.35. The summed E-state index contributed by atoms with van der Waals surface area (Å²) >= 11 is 0. The zero-order valence-electron chi connectivity index (χ0n) is 28.7. The normalized spacial score (nSPS) is 14.3. The largest absolute Gasteiger partial charge is 0.0654 e. The molecule has 0 bridgehead atoms. The highest BCUT2D eigenvalue weighted by Gasteiger charge is 2.43. The van der Waals surface area contributed by atoms with Gasteiger partial charge in [-0.05, 0) is 57.1 Å². The first kappa shape index (κ1) is 33.9. The fraction of sp³-hybridized carbons (Fsp3) is 0.707. The standard InChI is InChI=1S/C41H66/c1-9-11-13-15-17-18-19-20-22-24-30-41(29-23-21-16-14-12-10-2)37-31-33(39(3,4)5)25-27-35(37)36-28-26-34(32-38(36)41)40(6,7)8/h25-28,31-32H,9-24,29-30H2,1-8H3. The Morgan fingerprint density at radius 1 is 0.439 bits per heavy atom. The molecule has 0 saturated carbocycles. The van der Waals surface area contributed by atoms with E-state index in [1.807, 2.05) is 0 Å². The second-order valence-electron chi connectivity index (χ2n) is 15.6. The molecule has 0 radical (unpaired) electrons. The van der Waals surface area contributed by atoms with Crippen LogP contribution in [0.25, 0.3) is 11.1 Å². The molecular weight excluding hydrogens is 492 g/mol. The molecule has 230 valence electrons. The predicted molar refractivity (Wildman–Crippen MR) is 185 cm³/mol. The van der Waals surface area contributed by atoms with Crippen molar-refractivity contribution in [3.05, 3.63) is 58.7 Å². The molecule has 0 spiro atoms. The maximum Gasteiger partial charge on any atom is 0.0215 e. The van der Waals surface area contributed by atoms with Crippen LogP contribution in [-0.2, 0) is 16.2 Å². The number of hydrogen-bond donors (Lipinski definition) is 0. The zero-order valence-corrected chi connectivity index (χ0v) is 28.7. The van der Waals surface area contributed by atoms with Gasteiger partial charge in [-0.25, -0.2) is 0 Å². The summed E-state index contributed by atoms with van der Waals surface area (Å²) in [5.74, 6) is 0. The topological polar surface area (TPSA) is 0 Å². The molecule has 3 rings (SSSR count). The van der Waals surface area contributed by atoms with E-state index < -0.39 is 0 Å². The minimum atomic E-state index is 0.165. The highest BCUT2D eigenvalue weighted by Crippen LogP contribution is 2.55. The van der Waals surface area contributed by atoms with Crippen molar-refractivity contribution in [1.29, 1.82) is 0 Å². The van der Waals surface area contributed by atoms with Gasteiger partial charge in [0.2, 0.25) is 0 Å². The fourth-order valence-electron chi connectivity index (χ4n) is 7.21. The third-order valence-corrected chi connectivity index (χ3v) is 10.0. The van der Waals surface area contributed by atoms with Crippen LogP contribution in [0.4, 0.5) is 0 Å². The molecule has 0 unspecified atom stereocenters. The summed E-state index contributed by atoms with van der Waals surface area (Å²) < 4.78 is 0. The quantitative estimate of drug-likeness (QED) is 0.160. The maximum atomic E-state index is 2.64. The Morgan fingerprint density at radius 2 is 0.756 bits per heavy atom. The van der Waals surface area contributed by atoms with Gasteiger partial charge in [0.15, 0.2) is 0 Å². The molecule has 0 aromatic heterocycles. The third kappa shape index (κ3) is 9.21. The molecule has 0 atom stereocenters. The van der Waals surface area contributed by atoms with Gasteiger partial charge in [0.1, 0.15) is 0 Å². The second-order valence-corrected chi connectivity index (χ2v) is 15.6. The van der Waals surface area contributed by atoms with E-state index in [0.717, 1.165) is 0 Å². The number of hydrogen-bond acceptors (Lipinski definition) is 0. The Morgan fingerprint density at radius 3 is 1.07 bits per heavy atom. The molecule has 0 amide bonds. The Kier molecular flexibility index (Phi) is 13.1. The Hall–Kier alpha value is -1.56. The average Bonchev–Trinajstić information content (AvgIpc) is 3.19. The van der Waals surface area contributed by atoms with Crippen LogP contribution in [0.5, 0.6) is 0 Å². The molecule has 0 aliphatic heterocycles. The molecule has 0 fully saturated rings. The van der Waals surface area contributed by atoms with Gasteiger partial charge in [-0.3, -0.25) is 0 Å². The van der Waals surface area contributed by atoms with Crippen LogP contribution in [0, 0.1) is 0 Å². The molecule has 2 aromatic rings. The van der Waals surface area contributed by atoms with Crippen molar-refractivity contribution in [2.24, 2.45) is 0 Å². The van der Waals surface area contributed by atoms with Gasteiger partial charge in [-0.2, -0.15) is 0 Å². The molecule has 0 saturated heterocycles. The molecule has 1 aliphatic rings. The van der Waals surface area contributed by atoms with Crippen LogP contribution < -0.4 is 0 Å². The molecule has 0 nitrogen and oxygen atoms in total. The van der Waals surface area contributed by atoms with Crippen molar-refractivity contribution in [2.75, 3.05) is 0 Å². The third-order valence-electron chi connectivity index (χ3n) is 10.0. The van der Waals surface area contributed by atoms with Gasteiger partial charge >= 0.3 is 0 Å². The van der Waals surface area contributed by atoms with E-state index in [1.165, 1.54) is 138 Å². The highest BCUT2D eigenvalue weighted by atomic mass is 14.5. The van der Waals surface area contributed by atoms with Crippen LogP contribution >= 0.6 is 0 Å². The van der Waals surface area contributed by atoms with Gasteiger partial charge in [-0.1, -0.05) is 195 Å². The lowest BCUT2D eigenvalue weighted by Crippen LogP contribution is -2.27. The first-order valence-corrected chi connectivity index (χ1v) is 17.8.